The van der Waals surface area contributed by atoms with Crippen molar-refractivity contribution in [3.05, 3.63) is 47.7 Å². The molecule has 146 valence electrons. The van der Waals surface area contributed by atoms with Crippen molar-refractivity contribution in [2.45, 2.75) is 44.0 Å². The Morgan fingerprint density at radius 3 is 2.63 bits per heavy atom. The van der Waals surface area contributed by atoms with Crippen molar-refractivity contribution in [1.29, 1.82) is 0 Å². The summed E-state index contributed by atoms with van der Waals surface area (Å²) in [4.78, 5) is 11.0. The molecule has 1 aliphatic heterocycles. The number of halogens is 1. The molecule has 1 aromatic carbocycles. The molecule has 0 spiro atoms. The van der Waals surface area contributed by atoms with Gasteiger partial charge in [-0.25, -0.2) is 22.8 Å². The fourth-order valence-corrected chi connectivity index (χ4v) is 4.97. The normalized spacial score (nSPS) is 18.6. The van der Waals surface area contributed by atoms with Crippen molar-refractivity contribution < 1.29 is 12.8 Å². The second kappa shape index (κ2) is 7.90. The van der Waals surface area contributed by atoms with E-state index in [1.54, 1.807) is 7.05 Å². The van der Waals surface area contributed by atoms with Gasteiger partial charge in [0.1, 0.15) is 17.5 Å². The lowest BCUT2D eigenvalue weighted by atomic mass is 10.1. The van der Waals surface area contributed by atoms with Crippen LogP contribution in [0, 0.1) is 19.7 Å². The number of sulfonamides is 1. The average molecular weight is 393 g/mol. The molecule has 0 radical (unpaired) electrons. The number of aromatic nitrogens is 2. The Morgan fingerprint density at radius 2 is 1.93 bits per heavy atom. The third kappa shape index (κ3) is 4.44. The Morgan fingerprint density at radius 1 is 1.15 bits per heavy atom. The van der Waals surface area contributed by atoms with E-state index in [4.69, 9.17) is 0 Å². The van der Waals surface area contributed by atoms with Crippen molar-refractivity contribution in [2.24, 2.45) is 0 Å². The number of hydrogen-bond acceptors (Lipinski definition) is 5. The van der Waals surface area contributed by atoms with Crippen molar-refractivity contribution in [3.63, 3.8) is 0 Å². The minimum absolute atomic E-state index is 0.00634. The van der Waals surface area contributed by atoms with Crippen LogP contribution < -0.4 is 4.90 Å². The zero-order valence-electron chi connectivity index (χ0n) is 15.9. The van der Waals surface area contributed by atoms with Gasteiger partial charge in [0.25, 0.3) is 0 Å². The van der Waals surface area contributed by atoms with Crippen LogP contribution >= 0.6 is 0 Å². The molecule has 3 rings (SSSR count). The first-order chi connectivity index (χ1) is 12.8. The van der Waals surface area contributed by atoms with Crippen LogP contribution in [0.1, 0.15) is 30.8 Å². The molecule has 0 N–H and O–H groups in total. The lowest BCUT2D eigenvalue weighted by Gasteiger charge is -2.27. The number of aryl methyl sites for hydroxylation is 2. The lowest BCUT2D eigenvalue weighted by molar-refractivity contribution is 0.342. The van der Waals surface area contributed by atoms with Gasteiger partial charge in [0.2, 0.25) is 10.0 Å². The van der Waals surface area contributed by atoms with E-state index in [2.05, 4.69) is 14.9 Å². The van der Waals surface area contributed by atoms with Crippen LogP contribution in [-0.2, 0) is 10.0 Å². The fraction of sp³-hybridized carbons (Fsp3) is 0.474. The molecule has 0 aliphatic carbocycles. The highest BCUT2D eigenvalue weighted by molar-refractivity contribution is 7.89. The number of nitrogens with zero attached hydrogens (tertiary/aromatic N) is 4. The highest BCUT2D eigenvalue weighted by atomic mass is 32.2. The summed E-state index contributed by atoms with van der Waals surface area (Å²) in [6.07, 6.45) is 2.30. The van der Waals surface area contributed by atoms with Gasteiger partial charge < -0.3 is 4.90 Å². The van der Waals surface area contributed by atoms with Crippen molar-refractivity contribution >= 4 is 15.8 Å². The van der Waals surface area contributed by atoms with Gasteiger partial charge in [-0.3, -0.25) is 0 Å². The monoisotopic (exact) mass is 392 g/mol. The summed E-state index contributed by atoms with van der Waals surface area (Å²) in [6.45, 7) is 5.35. The highest BCUT2D eigenvalue weighted by Gasteiger charge is 2.30. The summed E-state index contributed by atoms with van der Waals surface area (Å²) in [5.74, 6) is 1.07. The molecule has 6 nitrogen and oxygen atoms in total. The van der Waals surface area contributed by atoms with Crippen LogP contribution in [0.4, 0.5) is 10.2 Å². The van der Waals surface area contributed by atoms with Gasteiger partial charge in [-0.1, -0.05) is 6.07 Å². The van der Waals surface area contributed by atoms with Crippen LogP contribution in [0.5, 0.6) is 0 Å². The van der Waals surface area contributed by atoms with Gasteiger partial charge in [0.05, 0.1) is 4.90 Å². The van der Waals surface area contributed by atoms with E-state index in [9.17, 15) is 12.8 Å². The van der Waals surface area contributed by atoms with Crippen LogP contribution in [0.3, 0.4) is 0 Å². The standard InChI is InChI=1S/C19H25FN4O2S/c1-14-12-19(22-15(2)21-14)24-10-5-7-17(9-11-24)23(3)27(25,26)18-8-4-6-16(20)13-18/h4,6,8,12-13,17H,5,7,9-11H2,1-3H3/t17-/m0/s1. The Balaban J connectivity index is 1.75. The summed E-state index contributed by atoms with van der Waals surface area (Å²) in [5.41, 5.74) is 0.920. The maximum atomic E-state index is 13.5. The van der Waals surface area contributed by atoms with E-state index in [0.717, 1.165) is 42.8 Å². The predicted molar refractivity (Wildman–Crippen MR) is 103 cm³/mol. The molecule has 8 heteroatoms. The largest absolute Gasteiger partial charge is 0.356 e. The topological polar surface area (TPSA) is 66.4 Å². The van der Waals surface area contributed by atoms with E-state index in [0.29, 0.717) is 13.0 Å². The molecule has 27 heavy (non-hydrogen) atoms. The molecule has 1 atom stereocenters. The van der Waals surface area contributed by atoms with Gasteiger partial charge in [0, 0.05) is 37.9 Å². The van der Waals surface area contributed by atoms with Crippen molar-refractivity contribution in [2.75, 3.05) is 25.0 Å². The Hall–Kier alpha value is -2.06. The van der Waals surface area contributed by atoms with Crippen LogP contribution in [-0.4, -0.2) is 48.9 Å². The first-order valence-corrected chi connectivity index (χ1v) is 10.5. The molecule has 1 aromatic heterocycles. The predicted octanol–water partition coefficient (Wildman–Crippen LogP) is 2.91. The lowest BCUT2D eigenvalue weighted by Crippen LogP contribution is -2.38. The SMILES string of the molecule is Cc1cc(N2CCC[C@H](N(C)S(=O)(=O)c3cccc(F)c3)CC2)nc(C)n1. The van der Waals surface area contributed by atoms with Crippen molar-refractivity contribution in [3.8, 4) is 0 Å². The third-order valence-electron chi connectivity index (χ3n) is 4.96. The molecule has 2 heterocycles. The van der Waals surface area contributed by atoms with Crippen molar-refractivity contribution in [1.82, 2.24) is 14.3 Å². The molecule has 0 bridgehead atoms. The van der Waals surface area contributed by atoms with E-state index in [1.807, 2.05) is 19.9 Å². The second-order valence-corrected chi connectivity index (χ2v) is 8.96. The second-order valence-electron chi connectivity index (χ2n) is 6.97. The zero-order chi connectivity index (χ0) is 19.6. The molecular formula is C19H25FN4O2S. The molecule has 1 aliphatic rings. The van der Waals surface area contributed by atoms with Gasteiger partial charge >= 0.3 is 0 Å². The van der Waals surface area contributed by atoms with E-state index >= 15 is 0 Å². The number of rotatable bonds is 4. The minimum atomic E-state index is -3.72. The highest BCUT2D eigenvalue weighted by Crippen LogP contribution is 2.25. The Bertz CT molecular complexity index is 899. The van der Waals surface area contributed by atoms with E-state index in [1.165, 1.54) is 22.5 Å². The minimum Gasteiger partial charge on any atom is -0.356 e. The molecule has 0 saturated carbocycles. The van der Waals surface area contributed by atoms with Gasteiger partial charge in [-0.05, 0) is 51.3 Å². The Labute approximate surface area is 160 Å². The summed E-state index contributed by atoms with van der Waals surface area (Å²) in [7, 11) is -2.14. The summed E-state index contributed by atoms with van der Waals surface area (Å²) in [5, 5.41) is 0. The summed E-state index contributed by atoms with van der Waals surface area (Å²) >= 11 is 0. The first-order valence-electron chi connectivity index (χ1n) is 9.08. The molecule has 1 saturated heterocycles. The number of hydrogen-bond donors (Lipinski definition) is 0. The molecule has 2 aromatic rings. The van der Waals surface area contributed by atoms with Gasteiger partial charge in [-0.2, -0.15) is 4.31 Å². The maximum absolute atomic E-state index is 13.5. The first kappa shape index (κ1) is 19.7. The quantitative estimate of drug-likeness (QED) is 0.800. The van der Waals surface area contributed by atoms with Gasteiger partial charge in [-0.15, -0.1) is 0 Å². The zero-order valence-corrected chi connectivity index (χ0v) is 16.7. The maximum Gasteiger partial charge on any atom is 0.243 e. The molecule has 0 amide bonds. The number of benzene rings is 1. The average Bonchev–Trinajstić information content (AvgIpc) is 2.86. The Kier molecular flexibility index (Phi) is 5.76. The molecule has 1 fully saturated rings. The van der Waals surface area contributed by atoms with Crippen LogP contribution in [0.2, 0.25) is 0 Å². The van der Waals surface area contributed by atoms with E-state index < -0.39 is 15.8 Å². The molecule has 0 unspecified atom stereocenters. The fourth-order valence-electron chi connectivity index (χ4n) is 3.52. The summed E-state index contributed by atoms with van der Waals surface area (Å²) in [6, 6.07) is 7.00. The van der Waals surface area contributed by atoms with Crippen LogP contribution in [0.15, 0.2) is 35.2 Å². The number of anilines is 1. The smallest absolute Gasteiger partial charge is 0.243 e. The van der Waals surface area contributed by atoms with Gasteiger partial charge in [0.15, 0.2) is 0 Å². The summed E-state index contributed by atoms with van der Waals surface area (Å²) < 4.78 is 40.6. The third-order valence-corrected chi connectivity index (χ3v) is 6.87. The van der Waals surface area contributed by atoms with Crippen LogP contribution in [0.25, 0.3) is 0 Å². The van der Waals surface area contributed by atoms with E-state index in [-0.39, 0.29) is 10.9 Å². The molecular weight excluding hydrogens is 367 g/mol.